The molecule has 0 amide bonds. The van der Waals surface area contributed by atoms with Crippen LogP contribution in [0, 0.1) is 0 Å². The molecule has 0 unspecified atom stereocenters. The minimum Gasteiger partial charge on any atom is -0.481 e. The number of rotatable bonds is 5. The molecule has 1 fully saturated rings. The maximum Gasteiger partial charge on any atom is 0.213 e. The van der Waals surface area contributed by atoms with Crippen LogP contribution < -0.4 is 15.8 Å². The Bertz CT molecular complexity index is 1190. The van der Waals surface area contributed by atoms with Crippen LogP contribution in [0.15, 0.2) is 36.7 Å². The topological polar surface area (TPSA) is 112 Å². The molecule has 4 aromatic rings. The summed E-state index contributed by atoms with van der Waals surface area (Å²) in [6, 6.07) is 7.53. The normalized spacial score (nSPS) is 13.8. The molecule has 160 valence electrons. The van der Waals surface area contributed by atoms with Crippen molar-refractivity contribution in [2.24, 2.45) is 0 Å². The molecular formula is C21H22ClN7OS. The predicted molar refractivity (Wildman–Crippen MR) is 125 cm³/mol. The van der Waals surface area contributed by atoms with Crippen LogP contribution in [0.25, 0.3) is 21.6 Å². The van der Waals surface area contributed by atoms with E-state index in [1.165, 1.54) is 25.7 Å². The molecule has 0 aliphatic heterocycles. The summed E-state index contributed by atoms with van der Waals surface area (Å²) in [5.74, 6) is 1.53. The average Bonchev–Trinajstić information content (AvgIpc) is 3.46. The first-order valence-corrected chi connectivity index (χ1v) is 10.7. The van der Waals surface area contributed by atoms with Crippen molar-refractivity contribution in [3.8, 4) is 16.5 Å². The van der Waals surface area contributed by atoms with E-state index in [0.717, 1.165) is 32.5 Å². The number of hydrogen-bond donors (Lipinski definition) is 2. The molecule has 3 N–H and O–H groups in total. The van der Waals surface area contributed by atoms with Crippen molar-refractivity contribution in [3.63, 3.8) is 0 Å². The highest BCUT2D eigenvalue weighted by molar-refractivity contribution is 7.14. The zero-order valence-electron chi connectivity index (χ0n) is 16.9. The second-order valence-corrected chi connectivity index (χ2v) is 8.33. The van der Waals surface area contributed by atoms with Crippen molar-refractivity contribution in [1.29, 1.82) is 0 Å². The molecule has 0 aromatic carbocycles. The van der Waals surface area contributed by atoms with Gasteiger partial charge in [-0.15, -0.1) is 22.6 Å². The monoisotopic (exact) mass is 455 g/mol. The lowest BCUT2D eigenvalue weighted by Crippen LogP contribution is -1.98. The number of hydrogen-bond acceptors (Lipinski definition) is 9. The molecule has 4 aromatic heterocycles. The SMILES string of the molecule is COc1ccc(Nc2cnc3cc(-c4nnc(C5CCCC5)s4)c(N)nc3c2)cn1.Cl. The van der Waals surface area contributed by atoms with Gasteiger partial charge in [0.1, 0.15) is 10.8 Å². The molecule has 0 bridgehead atoms. The van der Waals surface area contributed by atoms with Crippen molar-refractivity contribution in [3.05, 3.63) is 41.7 Å². The molecule has 31 heavy (non-hydrogen) atoms. The lowest BCUT2D eigenvalue weighted by atomic mass is 10.1. The highest BCUT2D eigenvalue weighted by Gasteiger charge is 2.22. The van der Waals surface area contributed by atoms with E-state index in [0.29, 0.717) is 23.1 Å². The van der Waals surface area contributed by atoms with Crippen LogP contribution in [-0.2, 0) is 0 Å². The van der Waals surface area contributed by atoms with Gasteiger partial charge in [0.25, 0.3) is 0 Å². The van der Waals surface area contributed by atoms with Crippen LogP contribution in [0.3, 0.4) is 0 Å². The zero-order valence-corrected chi connectivity index (χ0v) is 18.5. The summed E-state index contributed by atoms with van der Waals surface area (Å²) >= 11 is 1.61. The predicted octanol–water partition coefficient (Wildman–Crippen LogP) is 4.96. The van der Waals surface area contributed by atoms with Crippen molar-refractivity contribution in [1.82, 2.24) is 25.1 Å². The van der Waals surface area contributed by atoms with Crippen LogP contribution in [0.4, 0.5) is 17.2 Å². The van der Waals surface area contributed by atoms with Crippen molar-refractivity contribution in [2.45, 2.75) is 31.6 Å². The first kappa shape index (κ1) is 21.2. The van der Waals surface area contributed by atoms with Crippen LogP contribution in [0.5, 0.6) is 5.88 Å². The third-order valence-corrected chi connectivity index (χ3v) is 6.42. The van der Waals surface area contributed by atoms with Gasteiger partial charge in [0.2, 0.25) is 5.88 Å². The Morgan fingerprint density at radius 1 is 1.03 bits per heavy atom. The first-order chi connectivity index (χ1) is 14.7. The number of ether oxygens (including phenoxy) is 1. The van der Waals surface area contributed by atoms with Gasteiger partial charge in [-0.2, -0.15) is 0 Å². The van der Waals surface area contributed by atoms with Gasteiger partial charge >= 0.3 is 0 Å². The van der Waals surface area contributed by atoms with E-state index < -0.39 is 0 Å². The number of fused-ring (bicyclic) bond motifs is 1. The van der Waals surface area contributed by atoms with E-state index in [2.05, 4.69) is 30.5 Å². The Hall–Kier alpha value is -3.04. The number of halogens is 1. The van der Waals surface area contributed by atoms with Gasteiger partial charge in [-0.05, 0) is 31.0 Å². The van der Waals surface area contributed by atoms with Crippen molar-refractivity contribution < 1.29 is 4.74 Å². The van der Waals surface area contributed by atoms with Gasteiger partial charge < -0.3 is 15.8 Å². The second kappa shape index (κ2) is 8.99. The second-order valence-electron chi connectivity index (χ2n) is 7.32. The lowest BCUT2D eigenvalue weighted by molar-refractivity contribution is 0.398. The zero-order chi connectivity index (χ0) is 20.5. The molecule has 10 heteroatoms. The van der Waals surface area contributed by atoms with E-state index in [9.17, 15) is 0 Å². The molecule has 0 saturated heterocycles. The molecule has 1 saturated carbocycles. The fourth-order valence-electron chi connectivity index (χ4n) is 3.73. The largest absolute Gasteiger partial charge is 0.481 e. The van der Waals surface area contributed by atoms with E-state index >= 15 is 0 Å². The van der Waals surface area contributed by atoms with Gasteiger partial charge in [-0.25, -0.2) is 9.97 Å². The maximum atomic E-state index is 6.27. The Morgan fingerprint density at radius 3 is 2.58 bits per heavy atom. The number of methoxy groups -OCH3 is 1. The standard InChI is InChI=1S/C21H21N7OS.ClH/c1-29-18-7-6-13(10-24-18)25-14-8-17-16(23-11-14)9-15(19(22)26-17)21-28-27-20(30-21)12-4-2-3-5-12;/h6-12,25H,2-5H2,1H3,(H2,22,26);1H. The highest BCUT2D eigenvalue weighted by atomic mass is 35.5. The van der Waals surface area contributed by atoms with Crippen molar-refractivity contribution >= 4 is 52.0 Å². The molecule has 0 atom stereocenters. The van der Waals surface area contributed by atoms with Crippen LogP contribution in [0.2, 0.25) is 0 Å². The fourth-order valence-corrected chi connectivity index (χ4v) is 4.76. The highest BCUT2D eigenvalue weighted by Crippen LogP contribution is 2.38. The minimum atomic E-state index is 0. The van der Waals surface area contributed by atoms with Crippen LogP contribution >= 0.6 is 23.7 Å². The smallest absolute Gasteiger partial charge is 0.213 e. The van der Waals surface area contributed by atoms with E-state index in [1.807, 2.05) is 18.2 Å². The van der Waals surface area contributed by atoms with E-state index in [1.54, 1.807) is 36.9 Å². The van der Waals surface area contributed by atoms with Gasteiger partial charge in [-0.1, -0.05) is 24.2 Å². The molecule has 0 spiro atoms. The third-order valence-electron chi connectivity index (χ3n) is 5.30. The van der Waals surface area contributed by atoms with Gasteiger partial charge in [0.15, 0.2) is 5.01 Å². The first-order valence-electron chi connectivity index (χ1n) is 9.87. The molecule has 5 rings (SSSR count). The number of pyridine rings is 3. The van der Waals surface area contributed by atoms with Crippen LogP contribution in [-0.4, -0.2) is 32.3 Å². The Kier molecular flexibility index (Phi) is 6.15. The molecule has 1 aliphatic rings. The molecule has 8 nitrogen and oxygen atoms in total. The van der Waals surface area contributed by atoms with Gasteiger partial charge in [0.05, 0.1) is 47.5 Å². The molecule has 4 heterocycles. The number of nitrogens with zero attached hydrogens (tertiary/aromatic N) is 5. The number of nitrogen functional groups attached to an aromatic ring is 1. The summed E-state index contributed by atoms with van der Waals surface area (Å²) < 4.78 is 5.08. The third kappa shape index (κ3) is 4.38. The maximum absolute atomic E-state index is 6.27. The lowest BCUT2D eigenvalue weighted by Gasteiger charge is -2.09. The molecule has 0 radical (unpaired) electrons. The number of nitrogens with one attached hydrogen (secondary N) is 1. The average molecular weight is 456 g/mol. The Morgan fingerprint density at radius 2 is 1.84 bits per heavy atom. The summed E-state index contributed by atoms with van der Waals surface area (Å²) in [5.41, 5.74) is 10.2. The number of anilines is 3. The van der Waals surface area contributed by atoms with Gasteiger partial charge in [-0.3, -0.25) is 4.98 Å². The van der Waals surface area contributed by atoms with Crippen molar-refractivity contribution in [2.75, 3.05) is 18.2 Å². The molecular weight excluding hydrogens is 434 g/mol. The summed E-state index contributed by atoms with van der Waals surface area (Å²) in [6.45, 7) is 0. The summed E-state index contributed by atoms with van der Waals surface area (Å²) in [4.78, 5) is 13.3. The van der Waals surface area contributed by atoms with E-state index in [-0.39, 0.29) is 12.4 Å². The quantitative estimate of drug-likeness (QED) is 0.434. The van der Waals surface area contributed by atoms with Crippen LogP contribution in [0.1, 0.15) is 36.6 Å². The number of nitrogens with two attached hydrogens (primary N) is 1. The summed E-state index contributed by atoms with van der Waals surface area (Å²) in [7, 11) is 1.59. The Balaban J connectivity index is 0.00000231. The minimum absolute atomic E-state index is 0. The fraction of sp³-hybridized carbons (Fsp3) is 0.286. The number of aromatic nitrogens is 5. The summed E-state index contributed by atoms with van der Waals surface area (Å²) in [6.07, 6.45) is 8.39. The van der Waals surface area contributed by atoms with Gasteiger partial charge in [0, 0.05) is 12.0 Å². The van der Waals surface area contributed by atoms with E-state index in [4.69, 9.17) is 10.5 Å². The molecule has 1 aliphatic carbocycles. The summed E-state index contributed by atoms with van der Waals surface area (Å²) in [5, 5.41) is 14.0. The Labute approximate surface area is 189 Å².